The van der Waals surface area contributed by atoms with Gasteiger partial charge in [0.05, 0.1) is 11.2 Å². The van der Waals surface area contributed by atoms with Gasteiger partial charge in [-0.05, 0) is 124 Å². The lowest BCUT2D eigenvalue weighted by molar-refractivity contribution is -0.0476. The first-order chi connectivity index (χ1) is 19.1. The van der Waals surface area contributed by atoms with Gasteiger partial charge in [-0.1, -0.05) is 97.0 Å². The molecule has 0 heterocycles. The molecule has 0 radical (unpaired) electrons. The average Bonchev–Trinajstić information content (AvgIpc) is 2.88. The maximum atomic E-state index is 11.0. The molecule has 1 unspecified atom stereocenters. The fourth-order valence-electron chi connectivity index (χ4n) is 5.44. The van der Waals surface area contributed by atoms with Crippen molar-refractivity contribution < 1.29 is 10.2 Å². The van der Waals surface area contributed by atoms with Crippen LogP contribution in [0.5, 0.6) is 0 Å². The van der Waals surface area contributed by atoms with E-state index >= 15 is 0 Å². The lowest BCUT2D eigenvalue weighted by Crippen LogP contribution is -2.40. The van der Waals surface area contributed by atoms with Crippen LogP contribution in [0.2, 0.25) is 0 Å². The van der Waals surface area contributed by atoms with Crippen molar-refractivity contribution in [1.82, 2.24) is 0 Å². The van der Waals surface area contributed by atoms with Crippen LogP contribution < -0.4 is 11.5 Å². The number of nitrogens with two attached hydrogens (primary N) is 2. The number of rotatable bonds is 16. The summed E-state index contributed by atoms with van der Waals surface area (Å²) >= 11 is 0. The second kappa shape index (κ2) is 18.1. The Morgan fingerprint density at radius 3 is 1.32 bits per heavy atom. The third-order valence-corrected chi connectivity index (χ3v) is 8.29. The standard InChI is InChI=1S/C20H35NO.C17H29NO/c1-16(2)14-20(22,15-17(3)4)11-10-19-8-5-7-18(13-19)9-6-12-21;1-16(2,3)17(4,19)11-10-15-8-5-7-14(13-15)9-6-12-18/h5,7-8,13,16-17,22H,6,9-12,14-15,21H2,1-4H3;5,7-8,13,19H,6,9-12,18H2,1-4H3. The molecule has 0 aromatic heterocycles. The Hall–Kier alpha value is -1.72. The van der Waals surface area contributed by atoms with Crippen LogP contribution in [0.4, 0.5) is 0 Å². The zero-order valence-electron chi connectivity index (χ0n) is 27.8. The monoisotopic (exact) mass is 568 g/mol. The molecule has 4 heteroatoms. The molecule has 0 spiro atoms. The molecule has 234 valence electrons. The maximum absolute atomic E-state index is 11.0. The van der Waals surface area contributed by atoms with E-state index in [1.807, 2.05) is 6.92 Å². The van der Waals surface area contributed by atoms with E-state index in [0.717, 1.165) is 77.3 Å². The van der Waals surface area contributed by atoms with E-state index in [0.29, 0.717) is 11.8 Å². The Bertz CT molecular complexity index is 965. The van der Waals surface area contributed by atoms with Gasteiger partial charge < -0.3 is 21.7 Å². The lowest BCUT2D eigenvalue weighted by Gasteiger charge is -2.37. The summed E-state index contributed by atoms with van der Waals surface area (Å²) in [4.78, 5) is 0. The second-order valence-corrected chi connectivity index (χ2v) is 14.4. The minimum Gasteiger partial charge on any atom is -0.390 e. The molecule has 0 saturated carbocycles. The van der Waals surface area contributed by atoms with Gasteiger partial charge in [-0.25, -0.2) is 0 Å². The van der Waals surface area contributed by atoms with Crippen molar-refractivity contribution in [3.63, 3.8) is 0 Å². The molecule has 2 aromatic rings. The van der Waals surface area contributed by atoms with Crippen molar-refractivity contribution in [3.8, 4) is 0 Å². The highest BCUT2D eigenvalue weighted by Gasteiger charge is 2.34. The van der Waals surface area contributed by atoms with Crippen LogP contribution in [0.1, 0.15) is 116 Å². The summed E-state index contributed by atoms with van der Waals surface area (Å²) in [6, 6.07) is 17.4. The molecule has 0 aliphatic carbocycles. The first-order valence-corrected chi connectivity index (χ1v) is 16.1. The lowest BCUT2D eigenvalue weighted by atomic mass is 9.74. The van der Waals surface area contributed by atoms with E-state index in [1.165, 1.54) is 22.3 Å². The van der Waals surface area contributed by atoms with Gasteiger partial charge in [0.2, 0.25) is 0 Å². The molecule has 0 bridgehead atoms. The van der Waals surface area contributed by atoms with Crippen molar-refractivity contribution in [2.75, 3.05) is 13.1 Å². The molecule has 1 atom stereocenters. The van der Waals surface area contributed by atoms with E-state index < -0.39 is 11.2 Å². The van der Waals surface area contributed by atoms with Gasteiger partial charge in [0.25, 0.3) is 0 Å². The van der Waals surface area contributed by atoms with Gasteiger partial charge in [0.15, 0.2) is 0 Å². The third-order valence-electron chi connectivity index (χ3n) is 8.29. The van der Waals surface area contributed by atoms with Crippen LogP contribution in [0.15, 0.2) is 48.5 Å². The zero-order valence-corrected chi connectivity index (χ0v) is 27.8. The number of benzene rings is 2. The highest BCUT2D eigenvalue weighted by Crippen LogP contribution is 2.34. The molecular weight excluding hydrogens is 504 g/mol. The predicted molar refractivity (Wildman–Crippen MR) is 178 cm³/mol. The molecule has 41 heavy (non-hydrogen) atoms. The topological polar surface area (TPSA) is 92.5 Å². The van der Waals surface area contributed by atoms with Crippen molar-refractivity contribution in [1.29, 1.82) is 0 Å². The average molecular weight is 569 g/mol. The van der Waals surface area contributed by atoms with Gasteiger partial charge in [-0.3, -0.25) is 0 Å². The van der Waals surface area contributed by atoms with Gasteiger partial charge >= 0.3 is 0 Å². The molecule has 0 aliphatic rings. The van der Waals surface area contributed by atoms with Crippen LogP contribution in [0.3, 0.4) is 0 Å². The van der Waals surface area contributed by atoms with Crippen LogP contribution in [-0.2, 0) is 25.7 Å². The zero-order chi connectivity index (χ0) is 31.1. The first kappa shape index (κ1) is 37.3. The molecule has 4 nitrogen and oxygen atoms in total. The van der Waals surface area contributed by atoms with Crippen LogP contribution in [-0.4, -0.2) is 34.5 Å². The van der Waals surface area contributed by atoms with Gasteiger partial charge in [-0.2, -0.15) is 0 Å². The summed E-state index contributed by atoms with van der Waals surface area (Å²) < 4.78 is 0. The van der Waals surface area contributed by atoms with E-state index in [1.54, 1.807) is 0 Å². The van der Waals surface area contributed by atoms with E-state index in [4.69, 9.17) is 11.5 Å². The summed E-state index contributed by atoms with van der Waals surface area (Å²) in [6.45, 7) is 18.5. The molecule has 0 saturated heterocycles. The molecule has 0 aliphatic heterocycles. The summed E-state index contributed by atoms with van der Waals surface area (Å²) in [5.41, 5.74) is 15.2. The smallest absolute Gasteiger partial charge is 0.0670 e. The fraction of sp³-hybridized carbons (Fsp3) is 0.676. The summed E-state index contributed by atoms with van der Waals surface area (Å²) in [7, 11) is 0. The normalized spacial score (nSPS) is 13.7. The largest absolute Gasteiger partial charge is 0.390 e. The predicted octanol–water partition coefficient (Wildman–Crippen LogP) is 7.64. The van der Waals surface area contributed by atoms with Crippen molar-refractivity contribution in [2.24, 2.45) is 28.7 Å². The molecule has 6 N–H and O–H groups in total. The molecule has 0 amide bonds. The van der Waals surface area contributed by atoms with Crippen molar-refractivity contribution >= 4 is 0 Å². The van der Waals surface area contributed by atoms with Crippen molar-refractivity contribution in [2.45, 2.75) is 131 Å². The Morgan fingerprint density at radius 1 is 0.610 bits per heavy atom. The Labute approximate surface area is 253 Å². The highest BCUT2D eigenvalue weighted by molar-refractivity contribution is 5.25. The Balaban J connectivity index is 0.000000414. The summed E-state index contributed by atoms with van der Waals surface area (Å²) in [5.74, 6) is 1.05. The van der Waals surface area contributed by atoms with Gasteiger partial charge in [0.1, 0.15) is 0 Å². The fourth-order valence-corrected chi connectivity index (χ4v) is 5.44. The molecule has 0 fully saturated rings. The Kier molecular flexibility index (Phi) is 16.4. The van der Waals surface area contributed by atoms with Crippen molar-refractivity contribution in [3.05, 3.63) is 70.8 Å². The number of hydrogen-bond acceptors (Lipinski definition) is 4. The minimum absolute atomic E-state index is 0.0931. The summed E-state index contributed by atoms with van der Waals surface area (Å²) in [6.07, 6.45) is 9.44. The minimum atomic E-state index is -0.639. The number of aryl methyl sites for hydroxylation is 4. The SMILES string of the molecule is CC(C)(C)C(C)(O)CCc1cccc(CCCN)c1.CC(C)CC(O)(CCc1cccc(CCCN)c1)CC(C)C. The van der Waals surface area contributed by atoms with E-state index in [-0.39, 0.29) is 5.41 Å². The molecule has 2 aromatic carbocycles. The Morgan fingerprint density at radius 2 is 0.976 bits per heavy atom. The van der Waals surface area contributed by atoms with Crippen LogP contribution in [0.25, 0.3) is 0 Å². The van der Waals surface area contributed by atoms with Gasteiger partial charge in [0, 0.05) is 0 Å². The van der Waals surface area contributed by atoms with Gasteiger partial charge in [-0.15, -0.1) is 0 Å². The first-order valence-electron chi connectivity index (χ1n) is 16.1. The van der Waals surface area contributed by atoms with E-state index in [9.17, 15) is 10.2 Å². The third kappa shape index (κ3) is 15.4. The number of hydrogen-bond donors (Lipinski definition) is 4. The molecular formula is C37H64N2O2. The number of aliphatic hydroxyl groups is 2. The van der Waals surface area contributed by atoms with Crippen LogP contribution in [0, 0.1) is 17.3 Å². The molecule has 2 rings (SSSR count). The van der Waals surface area contributed by atoms with Crippen LogP contribution >= 0.6 is 0 Å². The van der Waals surface area contributed by atoms with E-state index in [2.05, 4.69) is 97.0 Å². The second-order valence-electron chi connectivity index (χ2n) is 14.4. The highest BCUT2D eigenvalue weighted by atomic mass is 16.3. The summed E-state index contributed by atoms with van der Waals surface area (Å²) in [5, 5.41) is 21.5. The quantitative estimate of drug-likeness (QED) is 0.167. The maximum Gasteiger partial charge on any atom is 0.0670 e.